The summed E-state index contributed by atoms with van der Waals surface area (Å²) in [5, 5.41) is 10.4. The first-order valence-corrected chi connectivity index (χ1v) is 5.50. The maximum absolute atomic E-state index is 10.4. The summed E-state index contributed by atoms with van der Waals surface area (Å²) in [6.07, 6.45) is 0.637. The highest BCUT2D eigenvalue weighted by molar-refractivity contribution is 5.25. The fraction of sp³-hybridized carbons (Fsp3) is 0.200. The van der Waals surface area contributed by atoms with Crippen molar-refractivity contribution in [2.75, 3.05) is 0 Å². The molecule has 2 aromatic carbocycles. The van der Waals surface area contributed by atoms with Crippen LogP contribution in [0.15, 0.2) is 60.7 Å². The number of benzene rings is 2. The van der Waals surface area contributed by atoms with Crippen LogP contribution in [0.3, 0.4) is 0 Å². The molecule has 0 saturated heterocycles. The molecular weight excluding hydrogens is 198 g/mol. The third kappa shape index (κ3) is 2.50. The topological polar surface area (TPSA) is 20.2 Å². The van der Waals surface area contributed by atoms with Crippen molar-refractivity contribution in [1.82, 2.24) is 0 Å². The largest absolute Gasteiger partial charge is 0.385 e. The summed E-state index contributed by atoms with van der Waals surface area (Å²) >= 11 is 0. The molecule has 1 unspecified atom stereocenters. The quantitative estimate of drug-likeness (QED) is 0.778. The van der Waals surface area contributed by atoms with Gasteiger partial charge in [0.15, 0.2) is 0 Å². The van der Waals surface area contributed by atoms with E-state index in [4.69, 9.17) is 0 Å². The van der Waals surface area contributed by atoms with Crippen LogP contribution in [-0.4, -0.2) is 5.11 Å². The fourth-order valence-electron chi connectivity index (χ4n) is 1.89. The minimum atomic E-state index is -0.803. The molecule has 0 aliphatic rings. The van der Waals surface area contributed by atoms with Gasteiger partial charge in [-0.15, -0.1) is 0 Å². The molecule has 0 aliphatic carbocycles. The molecule has 1 atom stereocenters. The Balaban J connectivity index is 2.21. The lowest BCUT2D eigenvalue weighted by Crippen LogP contribution is -2.24. The highest BCUT2D eigenvalue weighted by Crippen LogP contribution is 2.24. The fourth-order valence-corrected chi connectivity index (χ4v) is 1.89. The van der Waals surface area contributed by atoms with Gasteiger partial charge < -0.3 is 5.11 Å². The number of aliphatic hydroxyl groups is 1. The molecule has 0 amide bonds. The molecular formula is C15H16O. The Labute approximate surface area is 96.4 Å². The molecule has 0 fully saturated rings. The van der Waals surface area contributed by atoms with Gasteiger partial charge >= 0.3 is 0 Å². The molecule has 0 aromatic heterocycles. The maximum atomic E-state index is 10.4. The second-order valence-corrected chi connectivity index (χ2v) is 4.30. The second-order valence-electron chi connectivity index (χ2n) is 4.30. The average molecular weight is 214 g/mol. The maximum Gasteiger partial charge on any atom is 0.0908 e. The lowest BCUT2D eigenvalue weighted by atomic mass is 10.1. The van der Waals surface area contributed by atoms with Gasteiger partial charge in [0, 0.05) is 6.42 Å². The van der Waals surface area contributed by atoms with E-state index in [0.717, 1.165) is 11.1 Å². The van der Waals surface area contributed by atoms with E-state index in [1.807, 2.05) is 67.6 Å². The number of rotatable bonds is 3. The second kappa shape index (κ2) is 4.50. The lowest BCUT2D eigenvalue weighted by Gasteiger charge is -2.23. The third-order valence-corrected chi connectivity index (χ3v) is 2.79. The molecule has 1 heteroatoms. The van der Waals surface area contributed by atoms with E-state index in [2.05, 4.69) is 0 Å². The van der Waals surface area contributed by atoms with Crippen LogP contribution < -0.4 is 0 Å². The van der Waals surface area contributed by atoms with Crippen molar-refractivity contribution in [3.8, 4) is 0 Å². The van der Waals surface area contributed by atoms with Gasteiger partial charge in [0.25, 0.3) is 0 Å². The zero-order valence-electron chi connectivity index (χ0n) is 9.43. The minimum Gasteiger partial charge on any atom is -0.385 e. The number of hydrogen-bond acceptors (Lipinski definition) is 1. The molecule has 0 radical (unpaired) electrons. The summed E-state index contributed by atoms with van der Waals surface area (Å²) in [5.41, 5.74) is 1.30. The van der Waals surface area contributed by atoms with Crippen LogP contribution in [0.5, 0.6) is 0 Å². The van der Waals surface area contributed by atoms with Crippen LogP contribution >= 0.6 is 0 Å². The van der Waals surface area contributed by atoms with Crippen LogP contribution in [0.1, 0.15) is 18.1 Å². The van der Waals surface area contributed by atoms with E-state index in [0.29, 0.717) is 6.42 Å². The summed E-state index contributed by atoms with van der Waals surface area (Å²) in [6.45, 7) is 1.86. The van der Waals surface area contributed by atoms with Gasteiger partial charge in [-0.1, -0.05) is 60.7 Å². The molecule has 1 N–H and O–H groups in total. The van der Waals surface area contributed by atoms with E-state index < -0.39 is 5.60 Å². The van der Waals surface area contributed by atoms with Crippen molar-refractivity contribution in [2.24, 2.45) is 0 Å². The normalized spacial score (nSPS) is 14.4. The highest BCUT2D eigenvalue weighted by Gasteiger charge is 2.22. The van der Waals surface area contributed by atoms with Crippen molar-refractivity contribution in [2.45, 2.75) is 18.9 Å². The third-order valence-electron chi connectivity index (χ3n) is 2.79. The molecule has 16 heavy (non-hydrogen) atoms. The predicted octanol–water partition coefficient (Wildman–Crippen LogP) is 3.14. The average Bonchev–Trinajstić information content (AvgIpc) is 2.31. The summed E-state index contributed by atoms with van der Waals surface area (Å²) < 4.78 is 0. The first kappa shape index (κ1) is 10.9. The first-order chi connectivity index (χ1) is 7.68. The summed E-state index contributed by atoms with van der Waals surface area (Å²) in [5.74, 6) is 0. The molecule has 0 bridgehead atoms. The SMILES string of the molecule is [13CH3][13C](O)(Cc1ccccc1)c1ccccc1. The number of hydrogen-bond donors (Lipinski definition) is 1. The molecule has 0 aliphatic heterocycles. The van der Waals surface area contributed by atoms with E-state index in [1.165, 1.54) is 0 Å². The van der Waals surface area contributed by atoms with Crippen molar-refractivity contribution in [3.05, 3.63) is 71.8 Å². The Morgan fingerprint density at radius 3 is 1.94 bits per heavy atom. The zero-order valence-corrected chi connectivity index (χ0v) is 9.43. The Morgan fingerprint density at radius 1 is 0.875 bits per heavy atom. The standard InChI is InChI=1S/C15H16O/c1-15(16,14-10-6-3-7-11-14)12-13-8-4-2-5-9-13/h2-11,16H,12H2,1H3/i1+1,15+1. The van der Waals surface area contributed by atoms with Crippen LogP contribution in [0, 0.1) is 0 Å². The molecule has 0 saturated carbocycles. The predicted molar refractivity (Wildman–Crippen MR) is 66.2 cm³/mol. The van der Waals surface area contributed by atoms with E-state index in [9.17, 15) is 5.11 Å². The van der Waals surface area contributed by atoms with E-state index in [1.54, 1.807) is 0 Å². The van der Waals surface area contributed by atoms with Gasteiger partial charge in [-0.2, -0.15) is 0 Å². The lowest BCUT2D eigenvalue weighted by molar-refractivity contribution is 0.0576. The van der Waals surface area contributed by atoms with Crippen LogP contribution in [0.2, 0.25) is 0 Å². The van der Waals surface area contributed by atoms with Crippen molar-refractivity contribution in [3.63, 3.8) is 0 Å². The molecule has 2 rings (SSSR count). The smallest absolute Gasteiger partial charge is 0.0908 e. The summed E-state index contributed by atoms with van der Waals surface area (Å²) in [6, 6.07) is 19.8. The molecule has 2 aromatic rings. The van der Waals surface area contributed by atoms with Crippen molar-refractivity contribution < 1.29 is 5.11 Å². The Kier molecular flexibility index (Phi) is 3.07. The molecule has 1 nitrogen and oxygen atoms in total. The van der Waals surface area contributed by atoms with Crippen molar-refractivity contribution in [1.29, 1.82) is 0 Å². The highest BCUT2D eigenvalue weighted by atomic mass is 16.4. The summed E-state index contributed by atoms with van der Waals surface area (Å²) in [4.78, 5) is 0. The van der Waals surface area contributed by atoms with Gasteiger partial charge in [0.2, 0.25) is 0 Å². The van der Waals surface area contributed by atoms with Gasteiger partial charge in [-0.25, -0.2) is 0 Å². The Hall–Kier alpha value is -1.60. The van der Waals surface area contributed by atoms with Gasteiger partial charge in [-0.05, 0) is 18.1 Å². The molecule has 0 heterocycles. The monoisotopic (exact) mass is 214 g/mol. The molecule has 82 valence electrons. The van der Waals surface area contributed by atoms with Crippen molar-refractivity contribution >= 4 is 0 Å². The first-order valence-electron chi connectivity index (χ1n) is 5.50. The Bertz CT molecular complexity index is 432. The van der Waals surface area contributed by atoms with Crippen LogP contribution in [0.25, 0.3) is 0 Å². The van der Waals surface area contributed by atoms with Crippen LogP contribution in [-0.2, 0) is 12.0 Å². The zero-order chi connectivity index (χ0) is 11.4. The summed E-state index contributed by atoms with van der Waals surface area (Å²) in [7, 11) is 0. The van der Waals surface area contributed by atoms with E-state index >= 15 is 0 Å². The van der Waals surface area contributed by atoms with Gasteiger partial charge in [0.1, 0.15) is 0 Å². The van der Waals surface area contributed by atoms with Gasteiger partial charge in [-0.3, -0.25) is 0 Å². The molecule has 0 spiro atoms. The minimum absolute atomic E-state index is 0.637. The van der Waals surface area contributed by atoms with E-state index in [-0.39, 0.29) is 0 Å². The Morgan fingerprint density at radius 2 is 1.38 bits per heavy atom. The van der Waals surface area contributed by atoms with Gasteiger partial charge in [0.05, 0.1) is 5.60 Å². The van der Waals surface area contributed by atoms with Crippen LogP contribution in [0.4, 0.5) is 0 Å².